The molecule has 0 spiro atoms. The molecule has 1 unspecified atom stereocenters. The van der Waals surface area contributed by atoms with Crippen molar-refractivity contribution in [1.82, 2.24) is 14.8 Å². The highest BCUT2D eigenvalue weighted by atomic mass is 16.5. The number of H-pyrrole nitrogens is 1. The molecule has 0 radical (unpaired) electrons. The molecule has 0 saturated carbocycles. The first-order valence-electron chi connectivity index (χ1n) is 8.94. The standard InChI is InChI=1S/C18H21N3O5/c22-16(12-4-5-13-15(11-12)26-18(24)19-13)20-6-2-7-21(9-8-20)17(23)14-3-1-10-25-14/h4-5,11,14H,1-3,6-10H2,(H,19,24). The number of aromatic amines is 1. The zero-order valence-corrected chi connectivity index (χ0v) is 14.4. The lowest BCUT2D eigenvalue weighted by molar-refractivity contribution is -0.140. The van der Waals surface area contributed by atoms with Gasteiger partial charge in [0.2, 0.25) is 0 Å². The predicted octanol–water partition coefficient (Wildman–Crippen LogP) is 0.975. The minimum Gasteiger partial charge on any atom is -0.408 e. The number of rotatable bonds is 2. The van der Waals surface area contributed by atoms with Crippen molar-refractivity contribution in [2.24, 2.45) is 0 Å². The van der Waals surface area contributed by atoms with Gasteiger partial charge in [-0.15, -0.1) is 0 Å². The molecule has 1 aromatic heterocycles. The van der Waals surface area contributed by atoms with E-state index in [1.54, 1.807) is 28.0 Å². The maximum atomic E-state index is 12.8. The van der Waals surface area contributed by atoms with E-state index in [-0.39, 0.29) is 17.9 Å². The van der Waals surface area contributed by atoms with Crippen LogP contribution in [-0.2, 0) is 9.53 Å². The number of hydrogen-bond acceptors (Lipinski definition) is 5. The van der Waals surface area contributed by atoms with Gasteiger partial charge in [-0.25, -0.2) is 4.79 Å². The lowest BCUT2D eigenvalue weighted by Gasteiger charge is -2.24. The van der Waals surface area contributed by atoms with E-state index < -0.39 is 5.76 Å². The number of carbonyl (C=O) groups excluding carboxylic acids is 2. The maximum Gasteiger partial charge on any atom is 0.417 e. The van der Waals surface area contributed by atoms with Crippen LogP contribution in [0.3, 0.4) is 0 Å². The quantitative estimate of drug-likeness (QED) is 0.862. The van der Waals surface area contributed by atoms with Gasteiger partial charge in [0.05, 0.1) is 5.52 Å². The van der Waals surface area contributed by atoms with E-state index in [0.29, 0.717) is 49.4 Å². The van der Waals surface area contributed by atoms with E-state index in [4.69, 9.17) is 9.15 Å². The molecule has 8 heteroatoms. The first-order valence-corrected chi connectivity index (χ1v) is 8.94. The second-order valence-electron chi connectivity index (χ2n) is 6.70. The molecular formula is C18H21N3O5. The van der Waals surface area contributed by atoms with Crippen LogP contribution in [-0.4, -0.2) is 65.5 Å². The lowest BCUT2D eigenvalue weighted by atomic mass is 10.1. The number of aromatic nitrogens is 1. The normalized spacial score (nSPS) is 21.2. The molecule has 2 aliphatic rings. The van der Waals surface area contributed by atoms with Crippen molar-refractivity contribution in [3.05, 3.63) is 34.3 Å². The Morgan fingerprint density at radius 2 is 1.88 bits per heavy atom. The Kier molecular flexibility index (Phi) is 4.50. The summed E-state index contributed by atoms with van der Waals surface area (Å²) in [4.78, 5) is 42.7. The number of carbonyl (C=O) groups is 2. The summed E-state index contributed by atoms with van der Waals surface area (Å²) in [5.74, 6) is -0.628. The van der Waals surface area contributed by atoms with Gasteiger partial charge in [0.1, 0.15) is 6.10 Å². The molecule has 2 amide bonds. The van der Waals surface area contributed by atoms with Gasteiger partial charge in [0, 0.05) is 38.3 Å². The lowest BCUT2D eigenvalue weighted by Crippen LogP contribution is -2.41. The molecule has 0 aliphatic carbocycles. The number of nitrogens with zero attached hydrogens (tertiary/aromatic N) is 2. The van der Waals surface area contributed by atoms with Crippen LogP contribution in [0.15, 0.2) is 27.4 Å². The second-order valence-corrected chi connectivity index (χ2v) is 6.70. The topological polar surface area (TPSA) is 95.9 Å². The van der Waals surface area contributed by atoms with Crippen LogP contribution in [0.1, 0.15) is 29.6 Å². The van der Waals surface area contributed by atoms with Crippen LogP contribution in [0, 0.1) is 0 Å². The third-order valence-corrected chi connectivity index (χ3v) is 4.97. The number of ether oxygens (including phenoxy) is 1. The highest BCUT2D eigenvalue weighted by Gasteiger charge is 2.30. The Bertz CT molecular complexity index is 880. The number of amides is 2. The van der Waals surface area contributed by atoms with Gasteiger partial charge in [0.15, 0.2) is 5.58 Å². The second kappa shape index (κ2) is 6.95. The Hall–Kier alpha value is -2.61. The van der Waals surface area contributed by atoms with Gasteiger partial charge in [-0.05, 0) is 37.5 Å². The molecule has 1 aromatic carbocycles. The zero-order chi connectivity index (χ0) is 18.1. The molecule has 2 aliphatic heterocycles. The van der Waals surface area contributed by atoms with Crippen molar-refractivity contribution in [1.29, 1.82) is 0 Å². The van der Waals surface area contributed by atoms with Crippen LogP contribution < -0.4 is 5.76 Å². The largest absolute Gasteiger partial charge is 0.417 e. The molecule has 2 fully saturated rings. The average Bonchev–Trinajstić information content (AvgIpc) is 3.23. The Labute approximate surface area is 149 Å². The van der Waals surface area contributed by atoms with Gasteiger partial charge in [-0.3, -0.25) is 14.6 Å². The Morgan fingerprint density at radius 1 is 1.08 bits per heavy atom. The fourth-order valence-electron chi connectivity index (χ4n) is 3.58. The summed E-state index contributed by atoms with van der Waals surface area (Å²) in [6.45, 7) is 2.85. The van der Waals surface area contributed by atoms with Crippen LogP contribution in [0.5, 0.6) is 0 Å². The monoisotopic (exact) mass is 359 g/mol. The number of hydrogen-bond donors (Lipinski definition) is 1. The van der Waals surface area contributed by atoms with Crippen LogP contribution in [0.2, 0.25) is 0 Å². The van der Waals surface area contributed by atoms with Gasteiger partial charge >= 0.3 is 5.76 Å². The highest BCUT2D eigenvalue weighted by Crippen LogP contribution is 2.18. The maximum absolute atomic E-state index is 12.8. The Balaban J connectivity index is 1.44. The smallest absolute Gasteiger partial charge is 0.408 e. The molecule has 2 aromatic rings. The molecule has 26 heavy (non-hydrogen) atoms. The zero-order valence-electron chi connectivity index (χ0n) is 14.4. The molecule has 2 saturated heterocycles. The van der Waals surface area contributed by atoms with Crippen molar-refractivity contribution >= 4 is 22.9 Å². The van der Waals surface area contributed by atoms with Crippen molar-refractivity contribution in [3.63, 3.8) is 0 Å². The van der Waals surface area contributed by atoms with E-state index in [9.17, 15) is 14.4 Å². The molecule has 1 atom stereocenters. The fourth-order valence-corrected chi connectivity index (χ4v) is 3.58. The summed E-state index contributed by atoms with van der Waals surface area (Å²) in [6, 6.07) is 4.92. The molecule has 0 bridgehead atoms. The third-order valence-electron chi connectivity index (χ3n) is 4.97. The van der Waals surface area contributed by atoms with Crippen molar-refractivity contribution in [3.8, 4) is 0 Å². The van der Waals surface area contributed by atoms with Gasteiger partial charge < -0.3 is 19.0 Å². The van der Waals surface area contributed by atoms with E-state index >= 15 is 0 Å². The van der Waals surface area contributed by atoms with Gasteiger partial charge in [0.25, 0.3) is 11.8 Å². The summed E-state index contributed by atoms with van der Waals surface area (Å²) in [5.41, 5.74) is 1.40. The number of nitrogens with one attached hydrogen (secondary N) is 1. The average molecular weight is 359 g/mol. The SMILES string of the molecule is O=C(c1ccc2[nH]c(=O)oc2c1)N1CCCN(C(=O)C2CCCO2)CC1. The fraction of sp³-hybridized carbons (Fsp3) is 0.500. The minimum absolute atomic E-state index is 0.0346. The molecule has 4 rings (SSSR count). The minimum atomic E-state index is -0.539. The number of fused-ring (bicyclic) bond motifs is 1. The van der Waals surface area contributed by atoms with Crippen LogP contribution in [0.25, 0.3) is 11.1 Å². The molecule has 8 nitrogen and oxygen atoms in total. The number of benzene rings is 1. The highest BCUT2D eigenvalue weighted by molar-refractivity contribution is 5.97. The van der Waals surface area contributed by atoms with Crippen molar-refractivity contribution < 1.29 is 18.7 Å². The third kappa shape index (κ3) is 3.24. The molecule has 138 valence electrons. The summed E-state index contributed by atoms with van der Waals surface area (Å²) >= 11 is 0. The van der Waals surface area contributed by atoms with E-state index in [2.05, 4.69) is 4.98 Å². The first-order chi connectivity index (χ1) is 12.6. The van der Waals surface area contributed by atoms with Crippen molar-refractivity contribution in [2.45, 2.75) is 25.4 Å². The molecule has 3 heterocycles. The predicted molar refractivity (Wildman–Crippen MR) is 92.9 cm³/mol. The van der Waals surface area contributed by atoms with E-state index in [0.717, 1.165) is 19.3 Å². The van der Waals surface area contributed by atoms with Crippen LogP contribution in [0.4, 0.5) is 0 Å². The van der Waals surface area contributed by atoms with Gasteiger partial charge in [-0.1, -0.05) is 0 Å². The van der Waals surface area contributed by atoms with E-state index in [1.165, 1.54) is 0 Å². The van der Waals surface area contributed by atoms with Gasteiger partial charge in [-0.2, -0.15) is 0 Å². The van der Waals surface area contributed by atoms with E-state index in [1.807, 2.05) is 0 Å². The summed E-state index contributed by atoms with van der Waals surface area (Å²) in [7, 11) is 0. The Morgan fingerprint density at radius 3 is 2.69 bits per heavy atom. The number of oxazole rings is 1. The summed E-state index contributed by atoms with van der Waals surface area (Å²) in [6.07, 6.45) is 2.11. The molecular weight excluding hydrogens is 338 g/mol. The van der Waals surface area contributed by atoms with Crippen molar-refractivity contribution in [2.75, 3.05) is 32.8 Å². The van der Waals surface area contributed by atoms with Crippen LogP contribution >= 0.6 is 0 Å². The summed E-state index contributed by atoms with van der Waals surface area (Å²) < 4.78 is 10.5. The summed E-state index contributed by atoms with van der Waals surface area (Å²) in [5, 5.41) is 0. The molecule has 1 N–H and O–H groups in total. The first kappa shape index (κ1) is 16.8.